The van der Waals surface area contributed by atoms with Gasteiger partial charge in [-0.3, -0.25) is 0 Å². The molecule has 140 valence electrons. The molecular formula is C22H31NO2Si. The summed E-state index contributed by atoms with van der Waals surface area (Å²) in [6.45, 7) is 9.12. The Labute approximate surface area is 158 Å². The molecular weight excluding hydrogens is 338 g/mol. The highest BCUT2D eigenvalue weighted by Crippen LogP contribution is 2.59. The Bertz CT molecular complexity index is 764. The molecule has 2 saturated carbocycles. The van der Waals surface area contributed by atoms with Crippen molar-refractivity contribution in [1.29, 1.82) is 0 Å². The Balaban J connectivity index is 1.63. The summed E-state index contributed by atoms with van der Waals surface area (Å²) in [5.74, 6) is 2.96. The minimum absolute atomic E-state index is 0.208. The molecule has 4 atom stereocenters. The Morgan fingerprint density at radius 3 is 2.73 bits per heavy atom. The van der Waals surface area contributed by atoms with E-state index in [4.69, 9.17) is 9.26 Å². The van der Waals surface area contributed by atoms with Gasteiger partial charge in [0.2, 0.25) is 8.32 Å². The van der Waals surface area contributed by atoms with Crippen LogP contribution >= 0.6 is 0 Å². The van der Waals surface area contributed by atoms with Crippen molar-refractivity contribution in [3.05, 3.63) is 35.4 Å². The smallest absolute Gasteiger partial charge is 0.242 e. The zero-order valence-corrected chi connectivity index (χ0v) is 17.7. The summed E-state index contributed by atoms with van der Waals surface area (Å²) in [5, 5.41) is 4.39. The molecule has 4 rings (SSSR count). The zero-order valence-electron chi connectivity index (χ0n) is 16.7. The highest BCUT2D eigenvalue weighted by molar-refractivity contribution is 6.70. The van der Waals surface area contributed by atoms with E-state index in [1.807, 2.05) is 0 Å². The molecule has 3 aliphatic rings. The number of fused-ring (bicyclic) bond motifs is 5. The highest BCUT2D eigenvalue weighted by atomic mass is 28.4. The molecule has 26 heavy (non-hydrogen) atoms. The van der Waals surface area contributed by atoms with Crippen molar-refractivity contribution in [2.75, 3.05) is 7.11 Å². The van der Waals surface area contributed by atoms with Gasteiger partial charge in [-0.2, -0.15) is 0 Å². The topological polar surface area (TPSA) is 30.8 Å². The first-order chi connectivity index (χ1) is 12.3. The summed E-state index contributed by atoms with van der Waals surface area (Å²) in [5.41, 5.74) is 4.36. The van der Waals surface area contributed by atoms with E-state index in [0.717, 1.165) is 12.2 Å². The fourth-order valence-electron chi connectivity index (χ4n) is 5.54. The lowest BCUT2D eigenvalue weighted by atomic mass is 9.57. The molecule has 0 saturated heterocycles. The average Bonchev–Trinajstić information content (AvgIpc) is 2.90. The summed E-state index contributed by atoms with van der Waals surface area (Å²) in [7, 11) is 0.103. The number of hydrogen-bond acceptors (Lipinski definition) is 3. The van der Waals surface area contributed by atoms with Gasteiger partial charge in [0.15, 0.2) is 0 Å². The first kappa shape index (κ1) is 17.8. The third kappa shape index (κ3) is 2.92. The minimum atomic E-state index is -1.57. The maximum absolute atomic E-state index is 6.21. The van der Waals surface area contributed by atoms with E-state index in [0.29, 0.717) is 17.8 Å². The van der Waals surface area contributed by atoms with Crippen molar-refractivity contribution in [3.8, 4) is 5.75 Å². The molecule has 0 spiro atoms. The zero-order chi connectivity index (χ0) is 18.5. The number of allylic oxidation sites excluding steroid dienone is 1. The summed E-state index contributed by atoms with van der Waals surface area (Å²) in [4.78, 5) is 5.14. The Hall–Kier alpha value is -1.55. The average molecular weight is 370 g/mol. The third-order valence-corrected chi connectivity index (χ3v) is 7.50. The van der Waals surface area contributed by atoms with Gasteiger partial charge in [-0.1, -0.05) is 30.3 Å². The van der Waals surface area contributed by atoms with Gasteiger partial charge in [0, 0.05) is 5.41 Å². The molecule has 1 aromatic carbocycles. The molecule has 1 aromatic rings. The molecule has 0 bridgehead atoms. The van der Waals surface area contributed by atoms with Crippen molar-refractivity contribution < 1.29 is 9.26 Å². The van der Waals surface area contributed by atoms with E-state index in [1.165, 1.54) is 36.1 Å². The predicted molar refractivity (Wildman–Crippen MR) is 110 cm³/mol. The lowest BCUT2D eigenvalue weighted by Crippen LogP contribution is -2.41. The molecule has 0 N–H and O–H groups in total. The van der Waals surface area contributed by atoms with E-state index < -0.39 is 8.32 Å². The lowest BCUT2D eigenvalue weighted by Gasteiger charge is -2.47. The van der Waals surface area contributed by atoms with Gasteiger partial charge in [0.1, 0.15) is 12.9 Å². The van der Waals surface area contributed by atoms with Crippen LogP contribution in [-0.4, -0.2) is 21.1 Å². The monoisotopic (exact) mass is 369 g/mol. The van der Waals surface area contributed by atoms with Crippen LogP contribution in [0.25, 0.3) is 6.08 Å². The van der Waals surface area contributed by atoms with Crippen LogP contribution in [0.2, 0.25) is 19.6 Å². The minimum Gasteiger partial charge on any atom is -0.544 e. The van der Waals surface area contributed by atoms with E-state index in [1.54, 1.807) is 7.11 Å². The fraction of sp³-hybridized carbons (Fsp3) is 0.591. The maximum atomic E-state index is 6.21. The largest absolute Gasteiger partial charge is 0.544 e. The van der Waals surface area contributed by atoms with Crippen molar-refractivity contribution >= 4 is 20.1 Å². The first-order valence-corrected chi connectivity index (χ1v) is 13.3. The van der Waals surface area contributed by atoms with Crippen LogP contribution < -0.4 is 4.43 Å². The quantitative estimate of drug-likeness (QED) is 0.495. The second-order valence-electron chi connectivity index (χ2n) is 9.37. The van der Waals surface area contributed by atoms with Crippen LogP contribution in [0.1, 0.15) is 49.7 Å². The predicted octanol–water partition coefficient (Wildman–Crippen LogP) is 5.84. The summed E-state index contributed by atoms with van der Waals surface area (Å²) in [6, 6.07) is 6.77. The lowest BCUT2D eigenvalue weighted by molar-refractivity contribution is 0.133. The van der Waals surface area contributed by atoms with Crippen molar-refractivity contribution in [2.24, 2.45) is 22.4 Å². The van der Waals surface area contributed by atoms with E-state index in [9.17, 15) is 0 Å². The maximum Gasteiger partial charge on any atom is 0.242 e. The molecule has 3 aliphatic carbocycles. The molecule has 2 fully saturated rings. The van der Waals surface area contributed by atoms with Gasteiger partial charge < -0.3 is 9.26 Å². The third-order valence-electron chi connectivity index (χ3n) is 6.65. The summed E-state index contributed by atoms with van der Waals surface area (Å²) >= 11 is 0. The number of hydrogen-bond donors (Lipinski definition) is 0. The van der Waals surface area contributed by atoms with Gasteiger partial charge in [0.25, 0.3) is 0 Å². The van der Waals surface area contributed by atoms with Gasteiger partial charge in [0.05, 0.1) is 5.71 Å². The normalized spacial score (nSPS) is 34.2. The van der Waals surface area contributed by atoms with Crippen molar-refractivity contribution in [1.82, 2.24) is 0 Å². The van der Waals surface area contributed by atoms with E-state index in [2.05, 4.69) is 62.1 Å². The number of rotatable bonds is 3. The standard InChI is InChI=1S/C22H31NO2Si/c1-22-13-12-18-17-9-7-16(25-26(3,4)5)14-15(17)6-8-19(18)20(22)10-11-21(22)23-24-2/h6-9,14,18-20H,10-13H2,1-5H3/b23-21-/t18-,19-,20+,22+/m1/s1. The second kappa shape index (κ2) is 6.26. The molecule has 0 heterocycles. The van der Waals surface area contributed by atoms with Gasteiger partial charge in [-0.05, 0) is 86.3 Å². The van der Waals surface area contributed by atoms with Crippen molar-refractivity contribution in [3.63, 3.8) is 0 Å². The Morgan fingerprint density at radius 1 is 1.19 bits per heavy atom. The van der Waals surface area contributed by atoms with Crippen LogP contribution in [0.5, 0.6) is 5.75 Å². The molecule has 0 unspecified atom stereocenters. The SMILES string of the molecule is CO/N=C1/CC[C@H]2[C@@H]3C=Cc4cc(O[Si](C)(C)C)ccc4[C@H]3CC[C@]12C. The van der Waals surface area contributed by atoms with Crippen LogP contribution in [0.4, 0.5) is 0 Å². The Morgan fingerprint density at radius 2 is 2.00 bits per heavy atom. The number of benzene rings is 1. The second-order valence-corrected chi connectivity index (χ2v) is 13.8. The highest BCUT2D eigenvalue weighted by Gasteiger charge is 2.53. The Kier molecular flexibility index (Phi) is 4.29. The van der Waals surface area contributed by atoms with Crippen LogP contribution in [-0.2, 0) is 4.84 Å². The van der Waals surface area contributed by atoms with Crippen LogP contribution in [0, 0.1) is 17.3 Å². The molecule has 4 heteroatoms. The van der Waals surface area contributed by atoms with E-state index >= 15 is 0 Å². The molecule has 0 amide bonds. The number of nitrogens with zero attached hydrogens (tertiary/aromatic N) is 1. The first-order valence-electron chi connectivity index (χ1n) is 9.93. The van der Waals surface area contributed by atoms with Gasteiger partial charge >= 0.3 is 0 Å². The fourth-order valence-corrected chi connectivity index (χ4v) is 6.38. The molecule has 0 aliphatic heterocycles. The van der Waals surface area contributed by atoms with Crippen molar-refractivity contribution in [2.45, 2.75) is 58.2 Å². The van der Waals surface area contributed by atoms with Crippen LogP contribution in [0.15, 0.2) is 29.4 Å². The van der Waals surface area contributed by atoms with Gasteiger partial charge in [-0.25, -0.2) is 0 Å². The van der Waals surface area contributed by atoms with Crippen LogP contribution in [0.3, 0.4) is 0 Å². The molecule has 0 aromatic heterocycles. The molecule has 0 radical (unpaired) electrons. The summed E-state index contributed by atoms with van der Waals surface area (Å²) < 4.78 is 6.21. The van der Waals surface area contributed by atoms with Gasteiger partial charge in [-0.15, -0.1) is 0 Å². The number of oxime groups is 1. The molecule has 3 nitrogen and oxygen atoms in total. The van der Waals surface area contributed by atoms with E-state index in [-0.39, 0.29) is 5.41 Å². The summed E-state index contributed by atoms with van der Waals surface area (Å²) in [6.07, 6.45) is 9.57.